The highest BCUT2D eigenvalue weighted by atomic mass is 16.2. The van der Waals surface area contributed by atoms with Gasteiger partial charge in [-0.3, -0.25) is 4.79 Å². The van der Waals surface area contributed by atoms with Crippen LogP contribution in [0.5, 0.6) is 0 Å². The number of carbonyl (C=O) groups is 1. The van der Waals surface area contributed by atoms with E-state index in [1.54, 1.807) is 6.08 Å². The molecule has 0 aliphatic carbocycles. The topological polar surface area (TPSA) is 23.6 Å². The first-order chi connectivity index (χ1) is 7.63. The van der Waals surface area contributed by atoms with Crippen molar-refractivity contribution in [2.75, 3.05) is 33.7 Å². The van der Waals surface area contributed by atoms with Crippen LogP contribution in [0.3, 0.4) is 0 Å². The summed E-state index contributed by atoms with van der Waals surface area (Å²) in [5.41, 5.74) is 0. The number of piperidine rings is 1. The van der Waals surface area contributed by atoms with E-state index in [9.17, 15) is 4.79 Å². The molecule has 0 bridgehead atoms. The fraction of sp³-hybridized carbons (Fsp3) is 0.769. The third-order valence-electron chi connectivity index (χ3n) is 3.14. The lowest BCUT2D eigenvalue weighted by Gasteiger charge is -2.31. The number of likely N-dealkylation sites (N-methyl/N-ethyl adjacent to an activating group) is 1. The largest absolute Gasteiger partial charge is 0.339 e. The maximum Gasteiger partial charge on any atom is 0.246 e. The summed E-state index contributed by atoms with van der Waals surface area (Å²) in [5.74, 6) is 0.889. The fourth-order valence-electron chi connectivity index (χ4n) is 2.07. The van der Waals surface area contributed by atoms with Crippen LogP contribution in [0.1, 0.15) is 26.2 Å². The Morgan fingerprint density at radius 2 is 2.25 bits per heavy atom. The normalized spacial score (nSPS) is 22.0. The van der Waals surface area contributed by atoms with Crippen molar-refractivity contribution in [3.05, 3.63) is 12.2 Å². The first-order valence-electron chi connectivity index (χ1n) is 6.23. The van der Waals surface area contributed by atoms with Crippen LogP contribution in [0.15, 0.2) is 12.2 Å². The van der Waals surface area contributed by atoms with E-state index in [2.05, 4.69) is 11.8 Å². The van der Waals surface area contributed by atoms with Crippen molar-refractivity contribution in [1.29, 1.82) is 0 Å². The van der Waals surface area contributed by atoms with Crippen LogP contribution in [-0.4, -0.2) is 49.4 Å². The zero-order valence-electron chi connectivity index (χ0n) is 10.8. The van der Waals surface area contributed by atoms with Crippen molar-refractivity contribution in [2.24, 2.45) is 5.92 Å². The van der Waals surface area contributed by atoms with Crippen molar-refractivity contribution < 1.29 is 4.79 Å². The molecule has 1 aliphatic heterocycles. The maximum atomic E-state index is 11.9. The number of hydrogen-bond acceptors (Lipinski definition) is 2. The van der Waals surface area contributed by atoms with E-state index in [-0.39, 0.29) is 5.91 Å². The highest BCUT2D eigenvalue weighted by molar-refractivity contribution is 5.87. The molecule has 3 nitrogen and oxygen atoms in total. The number of carbonyl (C=O) groups excluding carboxylic acids is 1. The Morgan fingerprint density at radius 3 is 2.88 bits per heavy atom. The summed E-state index contributed by atoms with van der Waals surface area (Å²) in [6.07, 6.45) is 7.29. The molecule has 0 aromatic heterocycles. The number of likely N-dealkylation sites (tertiary alicyclic amines) is 1. The zero-order chi connectivity index (χ0) is 12.0. The summed E-state index contributed by atoms with van der Waals surface area (Å²) in [5, 5.41) is 0. The van der Waals surface area contributed by atoms with E-state index in [0.29, 0.717) is 5.92 Å². The smallest absolute Gasteiger partial charge is 0.246 e. The zero-order valence-corrected chi connectivity index (χ0v) is 10.8. The van der Waals surface area contributed by atoms with Gasteiger partial charge in [0.2, 0.25) is 5.91 Å². The van der Waals surface area contributed by atoms with Gasteiger partial charge in [0.15, 0.2) is 0 Å². The van der Waals surface area contributed by atoms with Crippen LogP contribution < -0.4 is 0 Å². The van der Waals surface area contributed by atoms with Crippen molar-refractivity contribution in [3.8, 4) is 0 Å². The third kappa shape index (κ3) is 4.35. The minimum Gasteiger partial charge on any atom is -0.339 e. The van der Waals surface area contributed by atoms with Gasteiger partial charge < -0.3 is 9.80 Å². The molecule has 92 valence electrons. The molecule has 1 fully saturated rings. The van der Waals surface area contributed by atoms with Crippen LogP contribution >= 0.6 is 0 Å². The Bertz CT molecular complexity index is 248. The van der Waals surface area contributed by atoms with Gasteiger partial charge in [-0.1, -0.05) is 19.4 Å². The summed E-state index contributed by atoms with van der Waals surface area (Å²) >= 11 is 0. The van der Waals surface area contributed by atoms with Crippen LogP contribution in [0.2, 0.25) is 0 Å². The van der Waals surface area contributed by atoms with E-state index in [1.807, 2.05) is 25.1 Å². The predicted octanol–water partition coefficient (Wildman–Crippen LogP) is 1.75. The SMILES string of the molecule is CC[C@@H]1CCCN(C(=O)/C=C/CN(C)C)C1. The Labute approximate surface area is 99.1 Å². The molecule has 1 aliphatic rings. The molecule has 1 atom stereocenters. The monoisotopic (exact) mass is 224 g/mol. The van der Waals surface area contributed by atoms with Crippen molar-refractivity contribution >= 4 is 5.91 Å². The van der Waals surface area contributed by atoms with E-state index in [4.69, 9.17) is 0 Å². The summed E-state index contributed by atoms with van der Waals surface area (Å²) in [4.78, 5) is 15.9. The maximum absolute atomic E-state index is 11.9. The summed E-state index contributed by atoms with van der Waals surface area (Å²) in [6, 6.07) is 0. The quantitative estimate of drug-likeness (QED) is 0.679. The molecular formula is C13H24N2O. The Balaban J connectivity index is 2.38. The van der Waals surface area contributed by atoms with Gasteiger partial charge >= 0.3 is 0 Å². The lowest BCUT2D eigenvalue weighted by molar-refractivity contribution is -0.127. The molecule has 0 N–H and O–H groups in total. The van der Waals surface area contributed by atoms with E-state index < -0.39 is 0 Å². The highest BCUT2D eigenvalue weighted by Crippen LogP contribution is 2.19. The molecule has 0 aromatic rings. The number of rotatable bonds is 4. The van der Waals surface area contributed by atoms with Gasteiger partial charge in [0.1, 0.15) is 0 Å². The molecule has 16 heavy (non-hydrogen) atoms. The minimum atomic E-state index is 0.181. The average Bonchev–Trinajstić information content (AvgIpc) is 2.28. The molecule has 0 aromatic carbocycles. The Hall–Kier alpha value is -0.830. The predicted molar refractivity (Wildman–Crippen MR) is 67.3 cm³/mol. The summed E-state index contributed by atoms with van der Waals surface area (Å²) in [7, 11) is 4.01. The minimum absolute atomic E-state index is 0.181. The van der Waals surface area contributed by atoms with Crippen molar-refractivity contribution in [1.82, 2.24) is 9.80 Å². The summed E-state index contributed by atoms with van der Waals surface area (Å²) < 4.78 is 0. The van der Waals surface area contributed by atoms with Crippen LogP contribution in [0, 0.1) is 5.92 Å². The molecule has 0 radical (unpaired) electrons. The molecule has 1 amide bonds. The second-order valence-electron chi connectivity index (χ2n) is 4.87. The van der Waals surface area contributed by atoms with Gasteiger partial charge in [-0.25, -0.2) is 0 Å². The first kappa shape index (κ1) is 13.2. The van der Waals surface area contributed by atoms with Gasteiger partial charge in [-0.2, -0.15) is 0 Å². The second kappa shape index (κ2) is 6.69. The molecule has 0 spiro atoms. The third-order valence-corrected chi connectivity index (χ3v) is 3.14. The second-order valence-corrected chi connectivity index (χ2v) is 4.87. The van der Waals surface area contributed by atoms with E-state index in [1.165, 1.54) is 12.8 Å². The molecule has 1 heterocycles. The van der Waals surface area contributed by atoms with Crippen LogP contribution in [0.4, 0.5) is 0 Å². The van der Waals surface area contributed by atoms with Gasteiger partial charge in [0, 0.05) is 25.7 Å². The number of hydrogen-bond donors (Lipinski definition) is 0. The molecule has 1 saturated heterocycles. The molecule has 1 rings (SSSR count). The lowest BCUT2D eigenvalue weighted by atomic mass is 9.95. The lowest BCUT2D eigenvalue weighted by Crippen LogP contribution is -2.38. The molecular weight excluding hydrogens is 200 g/mol. The Morgan fingerprint density at radius 1 is 1.50 bits per heavy atom. The van der Waals surface area contributed by atoms with E-state index >= 15 is 0 Å². The van der Waals surface area contributed by atoms with Crippen LogP contribution in [-0.2, 0) is 4.79 Å². The van der Waals surface area contributed by atoms with Crippen molar-refractivity contribution in [2.45, 2.75) is 26.2 Å². The van der Waals surface area contributed by atoms with E-state index in [0.717, 1.165) is 26.1 Å². The van der Waals surface area contributed by atoms with Gasteiger partial charge in [0.05, 0.1) is 0 Å². The van der Waals surface area contributed by atoms with Crippen molar-refractivity contribution in [3.63, 3.8) is 0 Å². The Kier molecular flexibility index (Phi) is 5.53. The highest BCUT2D eigenvalue weighted by Gasteiger charge is 2.20. The molecule has 0 unspecified atom stereocenters. The van der Waals surface area contributed by atoms with Gasteiger partial charge in [-0.05, 0) is 32.9 Å². The standard InChI is InChI=1S/C13H24N2O/c1-4-12-7-5-10-15(11-12)13(16)8-6-9-14(2)3/h6,8,12H,4-5,7,9-11H2,1-3H3/b8-6+/t12-/m1/s1. The first-order valence-corrected chi connectivity index (χ1v) is 6.23. The fourth-order valence-corrected chi connectivity index (χ4v) is 2.07. The molecule has 3 heteroatoms. The molecule has 0 saturated carbocycles. The van der Waals surface area contributed by atoms with Gasteiger partial charge in [0.25, 0.3) is 0 Å². The summed E-state index contributed by atoms with van der Waals surface area (Å²) in [6.45, 7) is 4.92. The average molecular weight is 224 g/mol. The van der Waals surface area contributed by atoms with Gasteiger partial charge in [-0.15, -0.1) is 0 Å². The number of amides is 1. The number of nitrogens with zero attached hydrogens (tertiary/aromatic N) is 2. The van der Waals surface area contributed by atoms with Crippen LogP contribution in [0.25, 0.3) is 0 Å².